The Balaban J connectivity index is 2.32. The van der Waals surface area contributed by atoms with E-state index in [1.54, 1.807) is 7.11 Å². The Morgan fingerprint density at radius 1 is 1.24 bits per heavy atom. The average Bonchev–Trinajstić information content (AvgIpc) is 2.48. The van der Waals surface area contributed by atoms with Crippen molar-refractivity contribution in [1.29, 1.82) is 0 Å². The normalized spacial score (nSPS) is 28.0. The van der Waals surface area contributed by atoms with Crippen LogP contribution in [-0.4, -0.2) is 60.0 Å². The minimum atomic E-state index is -0.325. The fraction of sp³-hybridized carbons (Fsp3) is 0.875. The third-order valence-corrected chi connectivity index (χ3v) is 4.80. The van der Waals surface area contributed by atoms with Gasteiger partial charge in [-0.1, -0.05) is 20.8 Å². The van der Waals surface area contributed by atoms with Crippen molar-refractivity contribution in [2.45, 2.75) is 64.6 Å². The van der Waals surface area contributed by atoms with Crippen molar-refractivity contribution in [2.75, 3.05) is 20.3 Å². The molecular weight excluding hydrogens is 268 g/mol. The summed E-state index contributed by atoms with van der Waals surface area (Å²) in [5.74, 6) is 0.520. The van der Waals surface area contributed by atoms with E-state index in [0.717, 1.165) is 25.8 Å². The maximum atomic E-state index is 13.0. The van der Waals surface area contributed by atoms with Gasteiger partial charge < -0.3 is 14.5 Å². The highest BCUT2D eigenvalue weighted by atomic mass is 16.5. The monoisotopic (exact) mass is 296 g/mol. The molecule has 3 unspecified atom stereocenters. The molecular formula is C16H28N2O3. The summed E-state index contributed by atoms with van der Waals surface area (Å²) < 4.78 is 5.31. The van der Waals surface area contributed by atoms with Crippen LogP contribution in [-0.2, 0) is 14.3 Å². The molecule has 120 valence electrons. The number of piperidine rings is 1. The van der Waals surface area contributed by atoms with Crippen molar-refractivity contribution >= 4 is 11.8 Å². The molecule has 2 saturated heterocycles. The summed E-state index contributed by atoms with van der Waals surface area (Å²) in [6.45, 7) is 7.37. The van der Waals surface area contributed by atoms with Crippen LogP contribution in [0.3, 0.4) is 0 Å². The molecule has 0 aromatic heterocycles. The molecule has 0 radical (unpaired) electrons. The van der Waals surface area contributed by atoms with Crippen molar-refractivity contribution in [1.82, 2.24) is 9.80 Å². The Morgan fingerprint density at radius 2 is 1.95 bits per heavy atom. The lowest BCUT2D eigenvalue weighted by Gasteiger charge is -2.50. The van der Waals surface area contributed by atoms with E-state index < -0.39 is 0 Å². The number of hydrogen-bond donors (Lipinski definition) is 0. The van der Waals surface area contributed by atoms with E-state index in [0.29, 0.717) is 13.0 Å². The second-order valence-electron chi connectivity index (χ2n) is 6.48. The molecule has 2 amide bonds. The van der Waals surface area contributed by atoms with Gasteiger partial charge in [0, 0.05) is 13.7 Å². The molecule has 2 aliphatic rings. The quantitative estimate of drug-likeness (QED) is 0.775. The maximum Gasteiger partial charge on any atom is 0.246 e. The highest BCUT2D eigenvalue weighted by Crippen LogP contribution is 2.30. The fourth-order valence-electron chi connectivity index (χ4n) is 3.62. The predicted octanol–water partition coefficient (Wildman–Crippen LogP) is 1.66. The maximum absolute atomic E-state index is 13.0. The predicted molar refractivity (Wildman–Crippen MR) is 80.8 cm³/mol. The average molecular weight is 296 g/mol. The largest absolute Gasteiger partial charge is 0.383 e. The molecule has 0 aromatic rings. The molecule has 3 atom stereocenters. The third kappa shape index (κ3) is 2.93. The van der Waals surface area contributed by atoms with Crippen LogP contribution in [0.15, 0.2) is 0 Å². The van der Waals surface area contributed by atoms with Crippen LogP contribution in [0.4, 0.5) is 0 Å². The van der Waals surface area contributed by atoms with Crippen LogP contribution in [0.1, 0.15) is 46.5 Å². The fourth-order valence-corrected chi connectivity index (χ4v) is 3.62. The summed E-state index contributed by atoms with van der Waals surface area (Å²) in [5.41, 5.74) is 0. The number of amides is 2. The Morgan fingerprint density at radius 3 is 2.52 bits per heavy atom. The SMILES string of the molecule is CCC1C(=O)N2CCCCC2C(=O)N1C(COC)C(C)C. The minimum absolute atomic E-state index is 0.0273. The van der Waals surface area contributed by atoms with E-state index >= 15 is 0 Å². The smallest absolute Gasteiger partial charge is 0.246 e. The number of piperazine rings is 1. The van der Waals surface area contributed by atoms with E-state index in [9.17, 15) is 9.59 Å². The molecule has 2 aliphatic heterocycles. The van der Waals surface area contributed by atoms with Gasteiger partial charge in [-0.15, -0.1) is 0 Å². The summed E-state index contributed by atoms with van der Waals surface area (Å²) in [7, 11) is 1.65. The van der Waals surface area contributed by atoms with Crippen molar-refractivity contribution in [3.05, 3.63) is 0 Å². The van der Waals surface area contributed by atoms with Gasteiger partial charge in [-0.3, -0.25) is 9.59 Å². The van der Waals surface area contributed by atoms with Gasteiger partial charge in [-0.2, -0.15) is 0 Å². The minimum Gasteiger partial charge on any atom is -0.383 e. The first-order chi connectivity index (χ1) is 10.0. The molecule has 0 saturated carbocycles. The van der Waals surface area contributed by atoms with Crippen LogP contribution in [0.5, 0.6) is 0 Å². The van der Waals surface area contributed by atoms with Gasteiger partial charge in [0.1, 0.15) is 12.1 Å². The van der Waals surface area contributed by atoms with Gasteiger partial charge in [-0.05, 0) is 31.6 Å². The summed E-state index contributed by atoms with van der Waals surface area (Å²) in [6.07, 6.45) is 3.51. The van der Waals surface area contributed by atoms with Gasteiger partial charge >= 0.3 is 0 Å². The van der Waals surface area contributed by atoms with Gasteiger partial charge in [0.05, 0.1) is 12.6 Å². The zero-order chi connectivity index (χ0) is 15.6. The number of fused-ring (bicyclic) bond motifs is 1. The topological polar surface area (TPSA) is 49.9 Å². The second-order valence-corrected chi connectivity index (χ2v) is 6.48. The van der Waals surface area contributed by atoms with Crippen LogP contribution in [0.25, 0.3) is 0 Å². The molecule has 0 aromatic carbocycles. The van der Waals surface area contributed by atoms with Gasteiger partial charge in [0.15, 0.2) is 0 Å². The standard InChI is InChI=1S/C16H28N2O3/c1-5-12-15(19)17-9-7-6-8-13(17)16(20)18(12)14(10-21-4)11(2)3/h11-14H,5-10H2,1-4H3. The van der Waals surface area contributed by atoms with Gasteiger partial charge in [0.2, 0.25) is 11.8 Å². The number of ether oxygens (including phenoxy) is 1. The summed E-state index contributed by atoms with van der Waals surface area (Å²) in [4.78, 5) is 29.4. The number of rotatable bonds is 5. The first-order valence-electron chi connectivity index (χ1n) is 8.14. The number of carbonyl (C=O) groups is 2. The first kappa shape index (κ1) is 16.3. The summed E-state index contributed by atoms with van der Waals surface area (Å²) in [5, 5.41) is 0. The Labute approximate surface area is 127 Å². The number of carbonyl (C=O) groups excluding carboxylic acids is 2. The van der Waals surface area contributed by atoms with Crippen molar-refractivity contribution in [3.8, 4) is 0 Å². The summed E-state index contributed by atoms with van der Waals surface area (Å²) in [6, 6.07) is -0.595. The van der Waals surface area contributed by atoms with Gasteiger partial charge in [0.25, 0.3) is 0 Å². The lowest BCUT2D eigenvalue weighted by Crippen LogP contribution is -2.68. The lowest BCUT2D eigenvalue weighted by atomic mass is 9.91. The number of hydrogen-bond acceptors (Lipinski definition) is 3. The molecule has 0 bridgehead atoms. The molecule has 0 aliphatic carbocycles. The Hall–Kier alpha value is -1.10. The van der Waals surface area contributed by atoms with E-state index in [4.69, 9.17) is 4.74 Å². The highest BCUT2D eigenvalue weighted by Gasteiger charge is 2.48. The number of methoxy groups -OCH3 is 1. The van der Waals surface area contributed by atoms with Crippen molar-refractivity contribution < 1.29 is 14.3 Å². The third-order valence-electron chi connectivity index (χ3n) is 4.80. The molecule has 21 heavy (non-hydrogen) atoms. The Bertz CT molecular complexity index is 397. The zero-order valence-corrected chi connectivity index (χ0v) is 13.7. The lowest BCUT2D eigenvalue weighted by molar-refractivity contribution is -0.169. The summed E-state index contributed by atoms with van der Waals surface area (Å²) >= 11 is 0. The van der Waals surface area contributed by atoms with E-state index in [-0.39, 0.29) is 35.9 Å². The Kier molecular flexibility index (Phi) is 5.25. The van der Waals surface area contributed by atoms with E-state index in [1.165, 1.54) is 0 Å². The van der Waals surface area contributed by atoms with Crippen molar-refractivity contribution in [2.24, 2.45) is 5.92 Å². The van der Waals surface area contributed by atoms with Crippen LogP contribution < -0.4 is 0 Å². The second kappa shape index (κ2) is 6.77. The van der Waals surface area contributed by atoms with Crippen molar-refractivity contribution in [3.63, 3.8) is 0 Å². The van der Waals surface area contributed by atoms with Crippen LogP contribution in [0, 0.1) is 5.92 Å². The molecule has 0 spiro atoms. The molecule has 2 heterocycles. The van der Waals surface area contributed by atoms with Crippen LogP contribution >= 0.6 is 0 Å². The van der Waals surface area contributed by atoms with E-state index in [1.807, 2.05) is 16.7 Å². The molecule has 2 rings (SSSR count). The first-order valence-corrected chi connectivity index (χ1v) is 8.14. The molecule has 0 N–H and O–H groups in total. The molecule has 2 fully saturated rings. The molecule has 5 nitrogen and oxygen atoms in total. The number of nitrogens with zero attached hydrogens (tertiary/aromatic N) is 2. The molecule has 5 heteroatoms. The highest BCUT2D eigenvalue weighted by molar-refractivity contribution is 5.97. The van der Waals surface area contributed by atoms with Crippen LogP contribution in [0.2, 0.25) is 0 Å². The van der Waals surface area contributed by atoms with Gasteiger partial charge in [-0.25, -0.2) is 0 Å². The zero-order valence-electron chi connectivity index (χ0n) is 13.7. The van der Waals surface area contributed by atoms with E-state index in [2.05, 4.69) is 13.8 Å².